The largest absolute Gasteiger partial charge is 0.326 e. The summed E-state index contributed by atoms with van der Waals surface area (Å²) in [4.78, 5) is 18.4. The molecule has 4 rings (SSSR count). The third-order valence-electron chi connectivity index (χ3n) is 6.00. The summed E-state index contributed by atoms with van der Waals surface area (Å²) in [7, 11) is 0. The van der Waals surface area contributed by atoms with E-state index >= 15 is 0 Å². The number of carbonyl (C=O) groups is 1. The maximum absolute atomic E-state index is 11.2. The third kappa shape index (κ3) is 5.47. The smallest absolute Gasteiger partial charge is 0.221 e. The van der Waals surface area contributed by atoms with Gasteiger partial charge in [-0.2, -0.15) is 0 Å². The Hall–Kier alpha value is -3.24. The average Bonchev–Trinajstić information content (AvgIpc) is 2.81. The summed E-state index contributed by atoms with van der Waals surface area (Å²) in [5, 5.41) is 2.82. The Labute approximate surface area is 184 Å². The predicted octanol–water partition coefficient (Wildman–Crippen LogP) is 5.29. The Morgan fingerprint density at radius 1 is 1.00 bits per heavy atom. The van der Waals surface area contributed by atoms with Gasteiger partial charge in [0.25, 0.3) is 0 Å². The molecule has 3 aromatic rings. The number of allylic oxidation sites excluding steroid dienone is 1. The molecule has 1 N–H and O–H groups in total. The van der Waals surface area contributed by atoms with Crippen molar-refractivity contribution in [3.8, 4) is 0 Å². The monoisotopic (exact) mass is 411 g/mol. The lowest BCUT2D eigenvalue weighted by Gasteiger charge is -2.40. The van der Waals surface area contributed by atoms with Gasteiger partial charge in [0, 0.05) is 30.8 Å². The highest BCUT2D eigenvalue weighted by Gasteiger charge is 2.35. The summed E-state index contributed by atoms with van der Waals surface area (Å²) in [6.07, 6.45) is 8.58. The number of nitrogens with zero attached hydrogens (tertiary/aromatic N) is 2. The van der Waals surface area contributed by atoms with E-state index in [1.54, 1.807) is 0 Å². The van der Waals surface area contributed by atoms with Crippen molar-refractivity contribution in [2.24, 2.45) is 0 Å². The minimum atomic E-state index is -0.0433. The molecular weight excluding hydrogens is 382 g/mol. The van der Waals surface area contributed by atoms with Crippen molar-refractivity contribution >= 4 is 17.7 Å². The highest BCUT2D eigenvalue weighted by molar-refractivity contribution is 5.88. The number of benzene rings is 2. The molecule has 2 heterocycles. The number of piperidine rings is 1. The van der Waals surface area contributed by atoms with E-state index in [9.17, 15) is 4.79 Å². The second-order valence-corrected chi connectivity index (χ2v) is 8.27. The van der Waals surface area contributed by atoms with E-state index in [0.717, 1.165) is 43.9 Å². The van der Waals surface area contributed by atoms with Gasteiger partial charge in [0.2, 0.25) is 5.91 Å². The molecule has 1 fully saturated rings. The van der Waals surface area contributed by atoms with Gasteiger partial charge in [-0.15, -0.1) is 0 Å². The van der Waals surface area contributed by atoms with E-state index < -0.39 is 0 Å². The minimum Gasteiger partial charge on any atom is -0.326 e. The molecule has 0 radical (unpaired) electrons. The van der Waals surface area contributed by atoms with E-state index in [0.29, 0.717) is 0 Å². The molecule has 158 valence electrons. The second-order valence-electron chi connectivity index (χ2n) is 8.27. The zero-order valence-corrected chi connectivity index (χ0v) is 18.0. The fourth-order valence-corrected chi connectivity index (χ4v) is 4.25. The summed E-state index contributed by atoms with van der Waals surface area (Å²) in [6, 6.07) is 24.9. The number of nitrogens with one attached hydrogen (secondary N) is 1. The van der Waals surface area contributed by atoms with Gasteiger partial charge in [-0.1, -0.05) is 60.7 Å². The van der Waals surface area contributed by atoms with Gasteiger partial charge in [0.1, 0.15) is 0 Å². The highest BCUT2D eigenvalue weighted by atomic mass is 16.1. The number of rotatable bonds is 6. The van der Waals surface area contributed by atoms with Crippen LogP contribution in [0.4, 0.5) is 5.69 Å². The van der Waals surface area contributed by atoms with Gasteiger partial charge in [-0.3, -0.25) is 14.7 Å². The van der Waals surface area contributed by atoms with Crippen LogP contribution in [0.1, 0.15) is 36.6 Å². The predicted molar refractivity (Wildman–Crippen MR) is 127 cm³/mol. The first-order valence-corrected chi connectivity index (χ1v) is 10.9. The molecule has 1 aliphatic rings. The van der Waals surface area contributed by atoms with Gasteiger partial charge in [0.15, 0.2) is 0 Å². The maximum atomic E-state index is 11.2. The number of amides is 1. The minimum absolute atomic E-state index is 0.0388. The first kappa shape index (κ1) is 21.0. The summed E-state index contributed by atoms with van der Waals surface area (Å²) >= 11 is 0. The second kappa shape index (κ2) is 9.71. The molecule has 0 atom stereocenters. The van der Waals surface area contributed by atoms with Crippen LogP contribution in [0.5, 0.6) is 0 Å². The maximum Gasteiger partial charge on any atom is 0.221 e. The van der Waals surface area contributed by atoms with Crippen LogP contribution in [-0.2, 0) is 16.8 Å². The lowest BCUT2D eigenvalue weighted by molar-refractivity contribution is -0.114. The van der Waals surface area contributed by atoms with Gasteiger partial charge >= 0.3 is 0 Å². The van der Waals surface area contributed by atoms with Crippen LogP contribution in [0.3, 0.4) is 0 Å². The van der Waals surface area contributed by atoms with Crippen LogP contribution in [-0.4, -0.2) is 28.9 Å². The zero-order chi connectivity index (χ0) is 21.5. The van der Waals surface area contributed by atoms with Crippen LogP contribution >= 0.6 is 0 Å². The van der Waals surface area contributed by atoms with Crippen molar-refractivity contribution in [2.75, 3.05) is 18.4 Å². The van der Waals surface area contributed by atoms with Gasteiger partial charge < -0.3 is 5.32 Å². The van der Waals surface area contributed by atoms with Crippen molar-refractivity contribution < 1.29 is 4.79 Å². The van der Waals surface area contributed by atoms with Crippen LogP contribution < -0.4 is 5.32 Å². The number of hydrogen-bond acceptors (Lipinski definition) is 3. The molecule has 0 bridgehead atoms. The van der Waals surface area contributed by atoms with Crippen LogP contribution in [0.25, 0.3) is 6.08 Å². The fourth-order valence-electron chi connectivity index (χ4n) is 4.25. The molecule has 4 nitrogen and oxygen atoms in total. The van der Waals surface area contributed by atoms with E-state index in [2.05, 4.69) is 70.9 Å². The number of carbonyl (C=O) groups excluding carboxylic acids is 1. The lowest BCUT2D eigenvalue weighted by Crippen LogP contribution is -2.41. The summed E-state index contributed by atoms with van der Waals surface area (Å²) in [6.45, 7) is 4.48. The van der Waals surface area contributed by atoms with Gasteiger partial charge in [-0.05, 0) is 61.3 Å². The highest BCUT2D eigenvalue weighted by Crippen LogP contribution is 2.37. The van der Waals surface area contributed by atoms with Crippen LogP contribution in [0, 0.1) is 0 Å². The number of aromatic nitrogens is 1. The Morgan fingerprint density at radius 3 is 2.35 bits per heavy atom. The van der Waals surface area contributed by atoms with Crippen molar-refractivity contribution in [3.63, 3.8) is 0 Å². The lowest BCUT2D eigenvalue weighted by atomic mass is 9.74. The molecule has 1 amide bonds. The summed E-state index contributed by atoms with van der Waals surface area (Å²) in [5.41, 5.74) is 4.44. The van der Waals surface area contributed by atoms with Crippen molar-refractivity contribution in [1.29, 1.82) is 0 Å². The Bertz CT molecular complexity index is 1010. The van der Waals surface area contributed by atoms with E-state index in [1.807, 2.05) is 30.5 Å². The quantitative estimate of drug-likeness (QED) is 0.600. The number of hydrogen-bond donors (Lipinski definition) is 1. The molecule has 1 saturated heterocycles. The number of likely N-dealkylation sites (tertiary alicyclic amines) is 1. The van der Waals surface area contributed by atoms with Crippen molar-refractivity contribution in [3.05, 3.63) is 102 Å². The first-order valence-electron chi connectivity index (χ1n) is 10.9. The SMILES string of the molecule is CC(=O)Nc1ccc(CN2CCC(/C=C/c3ccccc3)(c3ccccn3)CC2)cc1. The molecule has 31 heavy (non-hydrogen) atoms. The van der Waals surface area contributed by atoms with E-state index in [1.165, 1.54) is 18.1 Å². The molecule has 0 saturated carbocycles. The van der Waals surface area contributed by atoms with E-state index in [-0.39, 0.29) is 11.3 Å². The van der Waals surface area contributed by atoms with Gasteiger partial charge in [-0.25, -0.2) is 0 Å². The van der Waals surface area contributed by atoms with Crippen LogP contribution in [0.15, 0.2) is 85.1 Å². The zero-order valence-electron chi connectivity index (χ0n) is 18.0. The molecule has 1 aromatic heterocycles. The summed E-state index contributed by atoms with van der Waals surface area (Å²) < 4.78 is 0. The molecule has 4 heteroatoms. The number of pyridine rings is 1. The molecule has 2 aromatic carbocycles. The summed E-state index contributed by atoms with van der Waals surface area (Å²) in [5.74, 6) is -0.0433. The Balaban J connectivity index is 1.46. The fraction of sp³-hybridized carbons (Fsp3) is 0.259. The Morgan fingerprint density at radius 2 is 1.71 bits per heavy atom. The van der Waals surface area contributed by atoms with Gasteiger partial charge in [0.05, 0.1) is 5.69 Å². The average molecular weight is 412 g/mol. The molecular formula is C27H29N3O. The van der Waals surface area contributed by atoms with Crippen LogP contribution in [0.2, 0.25) is 0 Å². The molecule has 1 aliphatic heterocycles. The molecule has 0 spiro atoms. The standard InChI is InChI=1S/C27H29N3O/c1-22(31)29-25-12-10-24(11-13-25)21-30-19-16-27(17-20-30,26-9-5-6-18-28-26)15-14-23-7-3-2-4-8-23/h2-15,18H,16-17,19-21H2,1H3,(H,29,31)/b15-14+. The normalized spacial score (nSPS) is 16.3. The first-order chi connectivity index (χ1) is 15.1. The number of anilines is 1. The Kier molecular flexibility index (Phi) is 6.58. The molecule has 0 unspecified atom stereocenters. The van der Waals surface area contributed by atoms with Crippen molar-refractivity contribution in [1.82, 2.24) is 9.88 Å². The van der Waals surface area contributed by atoms with E-state index in [4.69, 9.17) is 4.98 Å². The topological polar surface area (TPSA) is 45.2 Å². The molecule has 0 aliphatic carbocycles. The third-order valence-corrected chi connectivity index (χ3v) is 6.00. The van der Waals surface area contributed by atoms with Crippen molar-refractivity contribution in [2.45, 2.75) is 31.7 Å².